The fraction of sp³-hybridized carbons (Fsp3) is 0.765. The Hall–Kier alpha value is -0.520. The average Bonchev–Trinajstić information content (AvgIpc) is 2.31. The van der Waals surface area contributed by atoms with E-state index in [-0.39, 0.29) is 0 Å². The highest BCUT2D eigenvalue weighted by atomic mass is 14.2. The van der Waals surface area contributed by atoms with Crippen LogP contribution in [0.4, 0.5) is 0 Å². The van der Waals surface area contributed by atoms with Crippen LogP contribution >= 0.6 is 0 Å². The van der Waals surface area contributed by atoms with E-state index in [2.05, 4.69) is 45.1 Å². The van der Waals surface area contributed by atoms with Crippen molar-refractivity contribution in [1.82, 2.24) is 0 Å². The van der Waals surface area contributed by atoms with Gasteiger partial charge >= 0.3 is 0 Å². The van der Waals surface area contributed by atoms with Gasteiger partial charge in [-0.15, -0.1) is 0 Å². The van der Waals surface area contributed by atoms with Crippen LogP contribution in [-0.4, -0.2) is 0 Å². The van der Waals surface area contributed by atoms with Gasteiger partial charge in [-0.3, -0.25) is 0 Å². The van der Waals surface area contributed by atoms with Gasteiger partial charge in [-0.05, 0) is 43.4 Å². The first-order valence-corrected chi connectivity index (χ1v) is 7.66. The molecule has 0 heteroatoms. The lowest BCUT2D eigenvalue weighted by Crippen LogP contribution is -2.12. The van der Waals surface area contributed by atoms with E-state index in [1.54, 1.807) is 0 Å². The summed E-state index contributed by atoms with van der Waals surface area (Å²) >= 11 is 0. The van der Waals surface area contributed by atoms with Crippen LogP contribution in [0.15, 0.2) is 24.3 Å². The summed E-state index contributed by atoms with van der Waals surface area (Å²) in [7, 11) is 0. The lowest BCUT2D eigenvalue weighted by atomic mass is 9.81. The summed E-state index contributed by atoms with van der Waals surface area (Å²) in [5.41, 5.74) is 0. The summed E-state index contributed by atoms with van der Waals surface area (Å²) in [6, 6.07) is 0. The molecule has 0 N–H and O–H groups in total. The minimum absolute atomic E-state index is 0.788. The first-order chi connectivity index (χ1) is 8.31. The van der Waals surface area contributed by atoms with Gasteiger partial charge in [0.25, 0.3) is 0 Å². The maximum absolute atomic E-state index is 2.54. The maximum Gasteiger partial charge on any atom is -0.0171 e. The first kappa shape index (κ1) is 14.5. The lowest BCUT2D eigenvalue weighted by molar-refractivity contribution is 0.404. The van der Waals surface area contributed by atoms with Crippen molar-refractivity contribution in [3.05, 3.63) is 24.3 Å². The molecule has 3 atom stereocenters. The van der Waals surface area contributed by atoms with Crippen molar-refractivity contribution in [1.29, 1.82) is 0 Å². The van der Waals surface area contributed by atoms with Gasteiger partial charge in [0.1, 0.15) is 0 Å². The fourth-order valence-electron chi connectivity index (χ4n) is 2.96. The van der Waals surface area contributed by atoms with Crippen molar-refractivity contribution in [2.24, 2.45) is 17.8 Å². The van der Waals surface area contributed by atoms with E-state index in [4.69, 9.17) is 0 Å². The average molecular weight is 234 g/mol. The van der Waals surface area contributed by atoms with Crippen LogP contribution in [0.3, 0.4) is 0 Å². The SMILES string of the molecule is CCCC1C=CC(CCC)C(CCC)C=CC1. The monoisotopic (exact) mass is 234 g/mol. The molecule has 1 aliphatic carbocycles. The molecule has 0 aromatic rings. The third-order valence-electron chi connectivity index (χ3n) is 3.91. The minimum atomic E-state index is 0.788. The fourth-order valence-corrected chi connectivity index (χ4v) is 2.96. The number of hydrogen-bond donors (Lipinski definition) is 0. The summed E-state index contributed by atoms with van der Waals surface area (Å²) in [4.78, 5) is 0. The zero-order chi connectivity index (χ0) is 12.5. The highest BCUT2D eigenvalue weighted by Gasteiger charge is 2.17. The van der Waals surface area contributed by atoms with Crippen molar-refractivity contribution in [2.45, 2.75) is 65.7 Å². The second-order valence-electron chi connectivity index (χ2n) is 5.50. The predicted molar refractivity (Wildman–Crippen MR) is 78.1 cm³/mol. The molecule has 0 saturated heterocycles. The van der Waals surface area contributed by atoms with E-state index in [0.717, 1.165) is 17.8 Å². The van der Waals surface area contributed by atoms with Crippen LogP contribution < -0.4 is 0 Å². The molecule has 0 heterocycles. The molecule has 0 saturated carbocycles. The maximum atomic E-state index is 2.54. The highest BCUT2D eigenvalue weighted by molar-refractivity contribution is 5.05. The zero-order valence-corrected chi connectivity index (χ0v) is 12.0. The number of rotatable bonds is 6. The lowest BCUT2D eigenvalue weighted by Gasteiger charge is -2.24. The quantitative estimate of drug-likeness (QED) is 0.513. The Morgan fingerprint density at radius 3 is 1.94 bits per heavy atom. The molecule has 0 spiro atoms. The van der Waals surface area contributed by atoms with Gasteiger partial charge in [-0.2, -0.15) is 0 Å². The van der Waals surface area contributed by atoms with Gasteiger partial charge in [0.05, 0.1) is 0 Å². The van der Waals surface area contributed by atoms with Crippen molar-refractivity contribution >= 4 is 0 Å². The van der Waals surface area contributed by atoms with E-state index in [0.29, 0.717) is 0 Å². The van der Waals surface area contributed by atoms with Crippen molar-refractivity contribution in [3.8, 4) is 0 Å². The van der Waals surface area contributed by atoms with Crippen molar-refractivity contribution < 1.29 is 0 Å². The van der Waals surface area contributed by atoms with Crippen LogP contribution in [0, 0.1) is 17.8 Å². The molecule has 17 heavy (non-hydrogen) atoms. The largest absolute Gasteiger partial charge is 0.0877 e. The first-order valence-electron chi connectivity index (χ1n) is 7.66. The van der Waals surface area contributed by atoms with Crippen molar-refractivity contribution in [3.63, 3.8) is 0 Å². The molecule has 0 bridgehead atoms. The van der Waals surface area contributed by atoms with E-state index in [1.165, 1.54) is 44.9 Å². The summed E-state index contributed by atoms with van der Waals surface area (Å²) < 4.78 is 0. The van der Waals surface area contributed by atoms with E-state index < -0.39 is 0 Å². The molecular weight excluding hydrogens is 204 g/mol. The molecule has 0 nitrogen and oxygen atoms in total. The third kappa shape index (κ3) is 5.10. The Morgan fingerprint density at radius 1 is 0.765 bits per heavy atom. The molecule has 0 amide bonds. The second-order valence-corrected chi connectivity index (χ2v) is 5.50. The summed E-state index contributed by atoms with van der Waals surface area (Å²) in [5, 5.41) is 0. The summed E-state index contributed by atoms with van der Waals surface area (Å²) in [6.45, 7) is 6.90. The van der Waals surface area contributed by atoms with Gasteiger partial charge < -0.3 is 0 Å². The topological polar surface area (TPSA) is 0 Å². The third-order valence-corrected chi connectivity index (χ3v) is 3.91. The Balaban J connectivity index is 2.67. The van der Waals surface area contributed by atoms with Gasteiger partial charge in [-0.25, -0.2) is 0 Å². The van der Waals surface area contributed by atoms with Gasteiger partial charge in [0.15, 0.2) is 0 Å². The minimum Gasteiger partial charge on any atom is -0.0877 e. The molecular formula is C17H30. The molecule has 1 rings (SSSR count). The van der Waals surface area contributed by atoms with Crippen molar-refractivity contribution in [2.75, 3.05) is 0 Å². The van der Waals surface area contributed by atoms with Gasteiger partial charge in [0.2, 0.25) is 0 Å². The van der Waals surface area contributed by atoms with Crippen LogP contribution in [0.1, 0.15) is 65.7 Å². The van der Waals surface area contributed by atoms with E-state index in [1.807, 2.05) is 0 Å². The van der Waals surface area contributed by atoms with Gasteiger partial charge in [-0.1, -0.05) is 64.3 Å². The standard InChI is InChI=1S/C17H30/c1-4-8-15-11-7-12-16(9-5-2)17(10-6-3)14-13-15/h7,12-17H,4-6,8-11H2,1-3H3. The molecule has 0 aromatic heterocycles. The van der Waals surface area contributed by atoms with Crippen LogP contribution in [0.25, 0.3) is 0 Å². The predicted octanol–water partition coefficient (Wildman–Crippen LogP) is 5.75. The van der Waals surface area contributed by atoms with Crippen LogP contribution in [-0.2, 0) is 0 Å². The second kappa shape index (κ2) is 8.55. The Kier molecular flexibility index (Phi) is 7.32. The van der Waals surface area contributed by atoms with Crippen LogP contribution in [0.2, 0.25) is 0 Å². The normalized spacial score (nSPS) is 29.0. The molecule has 3 unspecified atom stereocenters. The Morgan fingerprint density at radius 2 is 1.35 bits per heavy atom. The Labute approximate surface area is 108 Å². The highest BCUT2D eigenvalue weighted by Crippen LogP contribution is 2.29. The summed E-state index contributed by atoms with van der Waals surface area (Å²) in [6.07, 6.45) is 19.2. The summed E-state index contributed by atoms with van der Waals surface area (Å²) in [5.74, 6) is 2.37. The number of hydrogen-bond acceptors (Lipinski definition) is 0. The molecule has 98 valence electrons. The smallest absolute Gasteiger partial charge is 0.0171 e. The van der Waals surface area contributed by atoms with E-state index >= 15 is 0 Å². The number of allylic oxidation sites excluding steroid dienone is 4. The molecule has 0 aliphatic heterocycles. The molecule has 1 aliphatic rings. The molecule has 0 radical (unpaired) electrons. The van der Waals surface area contributed by atoms with Crippen LogP contribution in [0.5, 0.6) is 0 Å². The zero-order valence-electron chi connectivity index (χ0n) is 12.0. The van der Waals surface area contributed by atoms with E-state index in [9.17, 15) is 0 Å². The van der Waals surface area contributed by atoms with Gasteiger partial charge in [0, 0.05) is 0 Å². The Bertz CT molecular complexity index is 236. The molecule has 0 aromatic carbocycles. The molecule has 0 fully saturated rings.